The highest BCUT2D eigenvalue weighted by molar-refractivity contribution is 6.09. The van der Waals surface area contributed by atoms with Crippen molar-refractivity contribution in [2.24, 2.45) is 0 Å². The second-order valence-electron chi connectivity index (χ2n) is 7.46. The molecular weight excluding hydrogens is 326 g/mol. The molecule has 0 spiro atoms. The van der Waals surface area contributed by atoms with Gasteiger partial charge in [-0.2, -0.15) is 0 Å². The zero-order valence-corrected chi connectivity index (χ0v) is 15.0. The highest BCUT2D eigenvalue weighted by Gasteiger charge is 2.19. The van der Waals surface area contributed by atoms with Crippen LogP contribution >= 0.6 is 0 Å². The van der Waals surface area contributed by atoms with Crippen LogP contribution in [0.1, 0.15) is 11.1 Å². The summed E-state index contributed by atoms with van der Waals surface area (Å²) in [6.45, 7) is 0. The van der Waals surface area contributed by atoms with Gasteiger partial charge in [-0.15, -0.1) is 0 Å². The molecule has 128 valence electrons. The normalized spacial score (nSPS) is 12.9. The van der Waals surface area contributed by atoms with Crippen molar-refractivity contribution < 1.29 is 0 Å². The van der Waals surface area contributed by atoms with Gasteiger partial charge in [-0.25, -0.2) is 0 Å². The minimum atomic E-state index is 1.11. The van der Waals surface area contributed by atoms with Crippen molar-refractivity contribution in [1.82, 2.24) is 4.98 Å². The largest absolute Gasteiger partial charge is 0.355 e. The lowest BCUT2D eigenvalue weighted by atomic mass is 9.83. The maximum atomic E-state index is 3.59. The summed E-state index contributed by atoms with van der Waals surface area (Å²) in [7, 11) is 0. The number of rotatable bonds is 1. The van der Waals surface area contributed by atoms with Crippen LogP contribution in [0, 0.1) is 0 Å². The molecule has 0 fully saturated rings. The van der Waals surface area contributed by atoms with E-state index in [0.29, 0.717) is 0 Å². The molecular formula is C26H19N. The Kier molecular flexibility index (Phi) is 3.06. The Balaban J connectivity index is 1.61. The van der Waals surface area contributed by atoms with E-state index in [2.05, 4.69) is 89.9 Å². The smallest absolute Gasteiger partial charge is 0.0468 e. The Morgan fingerprint density at radius 3 is 2.22 bits per heavy atom. The molecule has 6 rings (SSSR count). The van der Waals surface area contributed by atoms with Crippen LogP contribution in [-0.2, 0) is 12.8 Å². The van der Waals surface area contributed by atoms with Crippen molar-refractivity contribution in [2.45, 2.75) is 12.8 Å². The Hall–Kier alpha value is -3.32. The highest BCUT2D eigenvalue weighted by atomic mass is 14.7. The van der Waals surface area contributed by atoms with E-state index in [-0.39, 0.29) is 0 Å². The molecule has 5 aromatic rings. The van der Waals surface area contributed by atoms with E-state index in [1.807, 2.05) is 0 Å². The SMILES string of the molecule is c1ccc(-c2ccc3c(c2)-c2cc4c(cc2CC3)[nH]c2ccccc24)cc1. The van der Waals surface area contributed by atoms with E-state index in [1.165, 1.54) is 55.2 Å². The number of para-hydroxylation sites is 1. The highest BCUT2D eigenvalue weighted by Crippen LogP contribution is 2.39. The summed E-state index contributed by atoms with van der Waals surface area (Å²) in [4.78, 5) is 3.59. The second-order valence-corrected chi connectivity index (χ2v) is 7.46. The molecule has 0 radical (unpaired) electrons. The maximum absolute atomic E-state index is 3.59. The predicted octanol–water partition coefficient (Wildman–Crippen LogP) is 6.75. The lowest BCUT2D eigenvalue weighted by Crippen LogP contribution is -2.04. The third-order valence-corrected chi connectivity index (χ3v) is 5.90. The Morgan fingerprint density at radius 1 is 0.519 bits per heavy atom. The zero-order valence-electron chi connectivity index (χ0n) is 15.0. The summed E-state index contributed by atoms with van der Waals surface area (Å²) < 4.78 is 0. The average Bonchev–Trinajstić information content (AvgIpc) is 3.10. The van der Waals surface area contributed by atoms with Crippen LogP contribution in [-0.4, -0.2) is 4.98 Å². The summed E-state index contributed by atoms with van der Waals surface area (Å²) in [6, 6.07) is 31.0. The third kappa shape index (κ3) is 2.25. The van der Waals surface area contributed by atoms with Crippen molar-refractivity contribution in [3.05, 3.63) is 96.1 Å². The minimum Gasteiger partial charge on any atom is -0.355 e. The van der Waals surface area contributed by atoms with Crippen molar-refractivity contribution in [1.29, 1.82) is 0 Å². The van der Waals surface area contributed by atoms with E-state index >= 15 is 0 Å². The molecule has 1 N–H and O–H groups in total. The van der Waals surface area contributed by atoms with E-state index < -0.39 is 0 Å². The molecule has 0 aliphatic heterocycles. The Bertz CT molecular complexity index is 1310. The van der Waals surface area contributed by atoms with Gasteiger partial charge >= 0.3 is 0 Å². The number of aromatic amines is 1. The number of H-pyrrole nitrogens is 1. The molecule has 0 saturated carbocycles. The molecule has 1 aliphatic carbocycles. The van der Waals surface area contributed by atoms with Gasteiger partial charge in [-0.1, -0.05) is 60.7 Å². The first-order chi connectivity index (χ1) is 13.4. The predicted molar refractivity (Wildman–Crippen MR) is 114 cm³/mol. The third-order valence-electron chi connectivity index (χ3n) is 5.90. The van der Waals surface area contributed by atoms with Crippen LogP contribution in [0.25, 0.3) is 44.1 Å². The molecule has 1 heteroatoms. The lowest BCUT2D eigenvalue weighted by Gasteiger charge is -2.21. The number of fused-ring (bicyclic) bond motifs is 6. The van der Waals surface area contributed by atoms with Crippen LogP contribution in [0.5, 0.6) is 0 Å². The van der Waals surface area contributed by atoms with Gasteiger partial charge in [0.2, 0.25) is 0 Å². The van der Waals surface area contributed by atoms with Crippen molar-refractivity contribution >= 4 is 21.8 Å². The summed E-state index contributed by atoms with van der Waals surface area (Å²) in [5, 5.41) is 2.63. The number of nitrogens with one attached hydrogen (secondary N) is 1. The average molecular weight is 345 g/mol. The fraction of sp³-hybridized carbons (Fsp3) is 0.0769. The van der Waals surface area contributed by atoms with E-state index in [1.54, 1.807) is 0 Å². The zero-order chi connectivity index (χ0) is 17.8. The molecule has 1 aromatic heterocycles. The molecule has 0 amide bonds. The molecule has 1 nitrogen and oxygen atoms in total. The molecule has 0 atom stereocenters. The van der Waals surface area contributed by atoms with Gasteiger partial charge in [0.15, 0.2) is 0 Å². The second kappa shape index (κ2) is 5.59. The molecule has 4 aromatic carbocycles. The fourth-order valence-corrected chi connectivity index (χ4v) is 4.53. The number of hydrogen-bond donors (Lipinski definition) is 1. The standard InChI is InChI=1S/C26H19N/c1-2-6-17(7-3-1)19-12-10-18-11-13-20-15-26-24(16-23(20)22(18)14-19)21-8-4-5-9-25(21)27-26/h1-10,12,14-16,27H,11,13H2. The van der Waals surface area contributed by atoms with Crippen LogP contribution in [0.15, 0.2) is 84.9 Å². The number of aryl methyl sites for hydroxylation is 2. The molecule has 27 heavy (non-hydrogen) atoms. The van der Waals surface area contributed by atoms with Gasteiger partial charge in [0.25, 0.3) is 0 Å². The van der Waals surface area contributed by atoms with Crippen LogP contribution < -0.4 is 0 Å². The molecule has 1 aliphatic rings. The molecule has 0 bridgehead atoms. The van der Waals surface area contributed by atoms with Gasteiger partial charge < -0.3 is 4.98 Å². The first kappa shape index (κ1) is 14.8. The maximum Gasteiger partial charge on any atom is 0.0468 e. The van der Waals surface area contributed by atoms with Crippen molar-refractivity contribution in [2.75, 3.05) is 0 Å². The number of benzene rings is 4. The van der Waals surface area contributed by atoms with Gasteiger partial charge in [0, 0.05) is 21.8 Å². The quantitative estimate of drug-likeness (QED) is 0.346. The van der Waals surface area contributed by atoms with Crippen molar-refractivity contribution in [3.8, 4) is 22.3 Å². The van der Waals surface area contributed by atoms with E-state index in [0.717, 1.165) is 12.8 Å². The first-order valence-corrected chi connectivity index (χ1v) is 9.59. The van der Waals surface area contributed by atoms with Gasteiger partial charge in [-0.3, -0.25) is 0 Å². The van der Waals surface area contributed by atoms with Crippen molar-refractivity contribution in [3.63, 3.8) is 0 Å². The van der Waals surface area contributed by atoms with Crippen LogP contribution in [0.2, 0.25) is 0 Å². The lowest BCUT2D eigenvalue weighted by molar-refractivity contribution is 0.944. The summed E-state index contributed by atoms with van der Waals surface area (Å²) in [5.74, 6) is 0. The van der Waals surface area contributed by atoms with E-state index in [4.69, 9.17) is 0 Å². The van der Waals surface area contributed by atoms with Gasteiger partial charge in [-0.05, 0) is 70.5 Å². The van der Waals surface area contributed by atoms with Gasteiger partial charge in [0.05, 0.1) is 0 Å². The Morgan fingerprint density at radius 2 is 1.30 bits per heavy atom. The molecule has 0 unspecified atom stereocenters. The summed E-state index contributed by atoms with van der Waals surface area (Å²) in [5.41, 5.74) is 10.7. The fourth-order valence-electron chi connectivity index (χ4n) is 4.53. The first-order valence-electron chi connectivity index (χ1n) is 9.59. The topological polar surface area (TPSA) is 15.8 Å². The Labute approximate surface area is 158 Å². The minimum absolute atomic E-state index is 1.11. The van der Waals surface area contributed by atoms with Gasteiger partial charge in [0.1, 0.15) is 0 Å². The number of hydrogen-bond acceptors (Lipinski definition) is 0. The van der Waals surface area contributed by atoms with Crippen LogP contribution in [0.3, 0.4) is 0 Å². The summed E-state index contributed by atoms with van der Waals surface area (Å²) >= 11 is 0. The number of aromatic nitrogens is 1. The molecule has 0 saturated heterocycles. The monoisotopic (exact) mass is 345 g/mol. The van der Waals surface area contributed by atoms with Crippen LogP contribution in [0.4, 0.5) is 0 Å². The molecule has 1 heterocycles. The summed E-state index contributed by atoms with van der Waals surface area (Å²) in [6.07, 6.45) is 2.22. The van der Waals surface area contributed by atoms with E-state index in [9.17, 15) is 0 Å².